The maximum absolute atomic E-state index is 5.80. The van der Waals surface area contributed by atoms with Gasteiger partial charge in [0.15, 0.2) is 0 Å². The monoisotopic (exact) mass is 247 g/mol. The molecule has 0 atom stereocenters. The maximum atomic E-state index is 5.80. The Morgan fingerprint density at radius 1 is 1.17 bits per heavy atom. The van der Waals surface area contributed by atoms with Crippen LogP contribution in [-0.2, 0) is 13.0 Å². The Kier molecular flexibility index (Phi) is 3.32. The van der Waals surface area contributed by atoms with Crippen LogP contribution in [0.2, 0.25) is 0 Å². The molecular formula is C13H21N5. The first-order chi connectivity index (χ1) is 8.83. The molecule has 1 saturated carbocycles. The molecule has 98 valence electrons. The first kappa shape index (κ1) is 11.7. The van der Waals surface area contributed by atoms with E-state index in [1.165, 1.54) is 37.7 Å². The van der Waals surface area contributed by atoms with Gasteiger partial charge in [0, 0.05) is 18.2 Å². The van der Waals surface area contributed by atoms with E-state index in [9.17, 15) is 0 Å². The van der Waals surface area contributed by atoms with Crippen LogP contribution in [0.25, 0.3) is 0 Å². The number of anilines is 2. The molecule has 0 amide bonds. The third-order valence-corrected chi connectivity index (χ3v) is 3.90. The van der Waals surface area contributed by atoms with Crippen molar-refractivity contribution >= 4 is 11.8 Å². The minimum atomic E-state index is 0.385. The molecule has 4 N–H and O–H groups in total. The summed E-state index contributed by atoms with van der Waals surface area (Å²) in [7, 11) is 0. The zero-order valence-corrected chi connectivity index (χ0v) is 10.7. The third-order valence-electron chi connectivity index (χ3n) is 3.90. The predicted octanol–water partition coefficient (Wildman–Crippen LogP) is 1.45. The predicted molar refractivity (Wildman–Crippen MR) is 72.4 cm³/mol. The molecule has 0 radical (unpaired) electrons. The number of nitrogens with two attached hydrogens (primary N) is 1. The van der Waals surface area contributed by atoms with Crippen LogP contribution in [0.3, 0.4) is 0 Å². The zero-order valence-electron chi connectivity index (χ0n) is 10.7. The fraction of sp³-hybridized carbons (Fsp3) is 0.692. The number of hydrogen-bond donors (Lipinski definition) is 3. The van der Waals surface area contributed by atoms with Gasteiger partial charge in [-0.2, -0.15) is 4.98 Å². The summed E-state index contributed by atoms with van der Waals surface area (Å²) >= 11 is 0. The standard InChI is InChI=1S/C13H21N5/c14-13-17-11-8-15-7-6-10(11)12(18-13)16-9-4-2-1-3-5-9/h9,15H,1-8H2,(H3,14,16,17,18). The first-order valence-corrected chi connectivity index (χ1v) is 6.95. The molecule has 5 heteroatoms. The van der Waals surface area contributed by atoms with Crippen molar-refractivity contribution in [2.24, 2.45) is 0 Å². The molecule has 1 aromatic rings. The van der Waals surface area contributed by atoms with E-state index < -0.39 is 0 Å². The van der Waals surface area contributed by atoms with Crippen LogP contribution in [0.15, 0.2) is 0 Å². The lowest BCUT2D eigenvalue weighted by atomic mass is 9.95. The van der Waals surface area contributed by atoms with Gasteiger partial charge in [-0.25, -0.2) is 4.98 Å². The minimum absolute atomic E-state index is 0.385. The van der Waals surface area contributed by atoms with E-state index in [1.54, 1.807) is 0 Å². The second kappa shape index (κ2) is 5.10. The molecule has 2 heterocycles. The van der Waals surface area contributed by atoms with E-state index in [4.69, 9.17) is 5.73 Å². The average molecular weight is 247 g/mol. The molecule has 18 heavy (non-hydrogen) atoms. The van der Waals surface area contributed by atoms with Crippen molar-refractivity contribution in [1.82, 2.24) is 15.3 Å². The number of nitrogens with zero attached hydrogens (tertiary/aromatic N) is 2. The molecule has 0 bridgehead atoms. The lowest BCUT2D eigenvalue weighted by molar-refractivity contribution is 0.461. The summed E-state index contributed by atoms with van der Waals surface area (Å²) in [5, 5.41) is 6.92. The fourth-order valence-corrected chi connectivity index (χ4v) is 2.94. The highest BCUT2D eigenvalue weighted by Gasteiger charge is 2.20. The van der Waals surface area contributed by atoms with E-state index in [0.717, 1.165) is 31.0 Å². The van der Waals surface area contributed by atoms with Gasteiger partial charge in [0.05, 0.1) is 5.69 Å². The fourth-order valence-electron chi connectivity index (χ4n) is 2.94. The summed E-state index contributed by atoms with van der Waals surface area (Å²) in [4.78, 5) is 8.74. The largest absolute Gasteiger partial charge is 0.368 e. The molecule has 1 aliphatic carbocycles. The van der Waals surface area contributed by atoms with Crippen molar-refractivity contribution in [3.8, 4) is 0 Å². The number of aromatic nitrogens is 2. The van der Waals surface area contributed by atoms with Crippen molar-refractivity contribution in [3.63, 3.8) is 0 Å². The molecular weight excluding hydrogens is 226 g/mol. The third kappa shape index (κ3) is 2.41. The van der Waals surface area contributed by atoms with Crippen LogP contribution >= 0.6 is 0 Å². The van der Waals surface area contributed by atoms with Crippen LogP contribution in [0.5, 0.6) is 0 Å². The van der Waals surface area contributed by atoms with Crippen molar-refractivity contribution in [3.05, 3.63) is 11.3 Å². The van der Waals surface area contributed by atoms with Crippen molar-refractivity contribution in [2.45, 2.75) is 51.1 Å². The van der Waals surface area contributed by atoms with Crippen molar-refractivity contribution < 1.29 is 0 Å². The highest BCUT2D eigenvalue weighted by atomic mass is 15.1. The van der Waals surface area contributed by atoms with Gasteiger partial charge in [0.25, 0.3) is 0 Å². The molecule has 0 saturated heterocycles. The van der Waals surface area contributed by atoms with Gasteiger partial charge >= 0.3 is 0 Å². The maximum Gasteiger partial charge on any atom is 0.222 e. The Balaban J connectivity index is 1.83. The molecule has 0 spiro atoms. The van der Waals surface area contributed by atoms with Crippen LogP contribution in [0.4, 0.5) is 11.8 Å². The van der Waals surface area contributed by atoms with Crippen LogP contribution in [0, 0.1) is 0 Å². The summed E-state index contributed by atoms with van der Waals surface area (Å²) in [5.41, 5.74) is 8.12. The molecule has 0 aromatic carbocycles. The highest BCUT2D eigenvalue weighted by molar-refractivity contribution is 5.51. The van der Waals surface area contributed by atoms with E-state index >= 15 is 0 Å². The first-order valence-electron chi connectivity index (χ1n) is 6.95. The topological polar surface area (TPSA) is 75.9 Å². The lowest BCUT2D eigenvalue weighted by Gasteiger charge is -2.26. The summed E-state index contributed by atoms with van der Waals surface area (Å²) < 4.78 is 0. The number of nitrogens with one attached hydrogen (secondary N) is 2. The zero-order chi connectivity index (χ0) is 12.4. The number of hydrogen-bond acceptors (Lipinski definition) is 5. The van der Waals surface area contributed by atoms with E-state index in [1.807, 2.05) is 0 Å². The number of rotatable bonds is 2. The summed E-state index contributed by atoms with van der Waals surface area (Å²) in [5.74, 6) is 1.36. The van der Waals surface area contributed by atoms with Gasteiger partial charge in [0.2, 0.25) is 5.95 Å². The van der Waals surface area contributed by atoms with Gasteiger partial charge in [-0.05, 0) is 25.8 Å². The number of fused-ring (bicyclic) bond motifs is 1. The molecule has 0 unspecified atom stereocenters. The average Bonchev–Trinajstić information content (AvgIpc) is 2.40. The smallest absolute Gasteiger partial charge is 0.222 e. The Morgan fingerprint density at radius 3 is 2.83 bits per heavy atom. The van der Waals surface area contributed by atoms with Crippen LogP contribution < -0.4 is 16.4 Å². The lowest BCUT2D eigenvalue weighted by Crippen LogP contribution is -2.29. The van der Waals surface area contributed by atoms with Crippen LogP contribution in [-0.4, -0.2) is 22.6 Å². The Morgan fingerprint density at radius 2 is 2.00 bits per heavy atom. The van der Waals surface area contributed by atoms with Crippen LogP contribution in [0.1, 0.15) is 43.4 Å². The van der Waals surface area contributed by atoms with Gasteiger partial charge in [-0.15, -0.1) is 0 Å². The number of nitrogen functional groups attached to an aromatic ring is 1. The summed E-state index contributed by atoms with van der Waals surface area (Å²) in [6.07, 6.45) is 7.49. The summed E-state index contributed by atoms with van der Waals surface area (Å²) in [6.45, 7) is 1.81. The second-order valence-corrected chi connectivity index (χ2v) is 5.26. The Labute approximate surface area is 108 Å². The van der Waals surface area contributed by atoms with Gasteiger partial charge < -0.3 is 16.4 Å². The van der Waals surface area contributed by atoms with E-state index in [-0.39, 0.29) is 0 Å². The molecule has 2 aliphatic rings. The Bertz CT molecular complexity index is 426. The normalized spacial score (nSPS) is 20.4. The molecule has 1 fully saturated rings. The molecule has 5 nitrogen and oxygen atoms in total. The highest BCUT2D eigenvalue weighted by Crippen LogP contribution is 2.25. The molecule has 1 aliphatic heterocycles. The van der Waals surface area contributed by atoms with Gasteiger partial charge in [-0.1, -0.05) is 19.3 Å². The second-order valence-electron chi connectivity index (χ2n) is 5.26. The van der Waals surface area contributed by atoms with E-state index in [0.29, 0.717) is 12.0 Å². The quantitative estimate of drug-likeness (QED) is 0.737. The molecule has 3 rings (SSSR count). The van der Waals surface area contributed by atoms with Gasteiger partial charge in [0.1, 0.15) is 5.82 Å². The van der Waals surface area contributed by atoms with E-state index in [2.05, 4.69) is 20.6 Å². The SMILES string of the molecule is Nc1nc2c(c(NC3CCCCC3)n1)CCNC2. The minimum Gasteiger partial charge on any atom is -0.368 e. The van der Waals surface area contributed by atoms with Crippen molar-refractivity contribution in [1.29, 1.82) is 0 Å². The van der Waals surface area contributed by atoms with Gasteiger partial charge in [-0.3, -0.25) is 0 Å². The molecule has 1 aromatic heterocycles. The Hall–Kier alpha value is -1.36. The van der Waals surface area contributed by atoms with Crippen molar-refractivity contribution in [2.75, 3.05) is 17.6 Å². The summed E-state index contributed by atoms with van der Waals surface area (Å²) in [6, 6.07) is 0.562.